The van der Waals surface area contributed by atoms with Gasteiger partial charge in [-0.3, -0.25) is 0 Å². The van der Waals surface area contributed by atoms with E-state index in [0.29, 0.717) is 12.0 Å². The van der Waals surface area contributed by atoms with E-state index in [1.165, 1.54) is 12.1 Å². The van der Waals surface area contributed by atoms with Crippen LogP contribution in [0.1, 0.15) is 23.7 Å². The summed E-state index contributed by atoms with van der Waals surface area (Å²) < 4.78 is 14.6. The van der Waals surface area contributed by atoms with E-state index in [2.05, 4.69) is 20.6 Å². The molecule has 6 heteroatoms. The van der Waals surface area contributed by atoms with E-state index < -0.39 is 0 Å². The maximum absolute atomic E-state index is 12.9. The van der Waals surface area contributed by atoms with Gasteiger partial charge < -0.3 is 5.32 Å². The average Bonchev–Trinajstić information content (AvgIpc) is 3.16. The van der Waals surface area contributed by atoms with Crippen LogP contribution in [0, 0.1) is 12.7 Å². The molecule has 1 aliphatic carbocycles. The quantitative estimate of drug-likeness (QED) is 0.802. The van der Waals surface area contributed by atoms with Gasteiger partial charge in [0.1, 0.15) is 11.6 Å². The summed E-state index contributed by atoms with van der Waals surface area (Å²) >= 11 is 0. The minimum atomic E-state index is -0.195. The predicted octanol–water partition coefficient (Wildman–Crippen LogP) is 2.54. The van der Waals surface area contributed by atoms with Gasteiger partial charge in [-0.15, -0.1) is 15.3 Å². The van der Waals surface area contributed by atoms with Gasteiger partial charge in [0, 0.05) is 12.0 Å². The summed E-state index contributed by atoms with van der Waals surface area (Å²) in [7, 11) is 0. The number of halogens is 1. The maximum Gasteiger partial charge on any atom is 0.178 e. The SMILES string of the molecule is Cc1nnc2ccc(N[C@@H]3C[C@H]3c3ccc(F)cc3)nn12. The molecular weight excluding hydrogens is 269 g/mol. The topological polar surface area (TPSA) is 55.1 Å². The lowest BCUT2D eigenvalue weighted by Gasteiger charge is -2.05. The van der Waals surface area contributed by atoms with Gasteiger partial charge >= 0.3 is 0 Å². The molecule has 0 radical (unpaired) electrons. The molecule has 2 heterocycles. The molecule has 0 spiro atoms. The van der Waals surface area contributed by atoms with Gasteiger partial charge in [0.15, 0.2) is 11.5 Å². The number of hydrogen-bond acceptors (Lipinski definition) is 4. The molecule has 0 aliphatic heterocycles. The van der Waals surface area contributed by atoms with Gasteiger partial charge in [0.2, 0.25) is 0 Å². The lowest BCUT2D eigenvalue weighted by Crippen LogP contribution is -2.08. The lowest BCUT2D eigenvalue weighted by atomic mass is 10.1. The Morgan fingerprint density at radius 2 is 1.95 bits per heavy atom. The van der Waals surface area contributed by atoms with Gasteiger partial charge in [-0.25, -0.2) is 4.39 Å². The van der Waals surface area contributed by atoms with Crippen molar-refractivity contribution in [3.63, 3.8) is 0 Å². The van der Waals surface area contributed by atoms with E-state index in [1.54, 1.807) is 4.52 Å². The maximum atomic E-state index is 12.9. The van der Waals surface area contributed by atoms with Crippen LogP contribution in [0.5, 0.6) is 0 Å². The molecule has 2 aromatic heterocycles. The standard InChI is InChI=1S/C15H14FN5/c1-9-18-19-15-7-6-14(20-21(9)15)17-13-8-12(13)10-2-4-11(16)5-3-10/h2-7,12-13H,8H2,1H3,(H,17,20)/t12-,13+/m0/s1. The highest BCUT2D eigenvalue weighted by Crippen LogP contribution is 2.42. The Morgan fingerprint density at radius 3 is 2.76 bits per heavy atom. The third-order valence-corrected chi connectivity index (χ3v) is 3.84. The second kappa shape index (κ2) is 4.51. The van der Waals surface area contributed by atoms with Crippen molar-refractivity contribution in [1.29, 1.82) is 0 Å². The van der Waals surface area contributed by atoms with Crippen molar-refractivity contribution in [2.45, 2.75) is 25.3 Å². The number of anilines is 1. The summed E-state index contributed by atoms with van der Waals surface area (Å²) in [6, 6.07) is 10.9. The first kappa shape index (κ1) is 12.3. The fraction of sp³-hybridized carbons (Fsp3) is 0.267. The van der Waals surface area contributed by atoms with Crippen LogP contribution >= 0.6 is 0 Å². The molecule has 1 fully saturated rings. The number of hydrogen-bond donors (Lipinski definition) is 1. The van der Waals surface area contributed by atoms with Gasteiger partial charge in [-0.2, -0.15) is 4.52 Å². The van der Waals surface area contributed by atoms with E-state index in [1.807, 2.05) is 31.2 Å². The average molecular weight is 283 g/mol. The second-order valence-corrected chi connectivity index (χ2v) is 5.38. The molecule has 3 aromatic rings. The van der Waals surface area contributed by atoms with E-state index in [-0.39, 0.29) is 5.82 Å². The molecule has 1 saturated carbocycles. The molecule has 5 nitrogen and oxygen atoms in total. The van der Waals surface area contributed by atoms with Crippen LogP contribution in [-0.4, -0.2) is 25.9 Å². The Bertz CT molecular complexity index is 795. The number of nitrogens with one attached hydrogen (secondary N) is 1. The molecule has 0 bridgehead atoms. The highest BCUT2D eigenvalue weighted by Gasteiger charge is 2.38. The van der Waals surface area contributed by atoms with E-state index in [9.17, 15) is 4.39 Å². The Balaban J connectivity index is 1.51. The van der Waals surface area contributed by atoms with E-state index in [0.717, 1.165) is 29.3 Å². The summed E-state index contributed by atoms with van der Waals surface area (Å²) in [6.07, 6.45) is 1.03. The lowest BCUT2D eigenvalue weighted by molar-refractivity contribution is 0.627. The van der Waals surface area contributed by atoms with Crippen molar-refractivity contribution < 1.29 is 4.39 Å². The first-order chi connectivity index (χ1) is 10.2. The summed E-state index contributed by atoms with van der Waals surface area (Å²) in [5.41, 5.74) is 1.90. The number of rotatable bonds is 3. The first-order valence-corrected chi connectivity index (χ1v) is 6.92. The molecule has 0 unspecified atom stereocenters. The number of aromatic nitrogens is 4. The fourth-order valence-corrected chi connectivity index (χ4v) is 2.60. The van der Waals surface area contributed by atoms with E-state index in [4.69, 9.17) is 0 Å². The van der Waals surface area contributed by atoms with Gasteiger partial charge in [0.25, 0.3) is 0 Å². The molecular formula is C15H14FN5. The van der Waals surface area contributed by atoms with Crippen LogP contribution in [-0.2, 0) is 0 Å². The molecule has 2 atom stereocenters. The van der Waals surface area contributed by atoms with Crippen LogP contribution in [0.2, 0.25) is 0 Å². The molecule has 1 aromatic carbocycles. The Kier molecular flexibility index (Phi) is 2.63. The summed E-state index contributed by atoms with van der Waals surface area (Å²) in [5.74, 6) is 1.80. The molecule has 1 aliphatic rings. The summed E-state index contributed by atoms with van der Waals surface area (Å²) in [4.78, 5) is 0. The Morgan fingerprint density at radius 1 is 1.14 bits per heavy atom. The smallest absolute Gasteiger partial charge is 0.178 e. The van der Waals surface area contributed by atoms with Crippen molar-refractivity contribution in [1.82, 2.24) is 19.8 Å². The third kappa shape index (κ3) is 2.22. The Hall–Kier alpha value is -2.50. The largest absolute Gasteiger partial charge is 0.365 e. The van der Waals surface area contributed by atoms with E-state index >= 15 is 0 Å². The van der Waals surface area contributed by atoms with Crippen LogP contribution in [0.15, 0.2) is 36.4 Å². The molecule has 0 saturated heterocycles. The minimum Gasteiger partial charge on any atom is -0.365 e. The zero-order valence-corrected chi connectivity index (χ0v) is 11.5. The number of nitrogens with zero attached hydrogens (tertiary/aromatic N) is 4. The minimum absolute atomic E-state index is 0.195. The zero-order valence-electron chi connectivity index (χ0n) is 11.5. The highest BCUT2D eigenvalue weighted by molar-refractivity contribution is 5.46. The zero-order chi connectivity index (χ0) is 14.4. The van der Waals surface area contributed by atoms with Crippen LogP contribution in [0.4, 0.5) is 10.2 Å². The Labute approximate surface area is 120 Å². The first-order valence-electron chi connectivity index (χ1n) is 6.92. The van der Waals surface area contributed by atoms with Gasteiger partial charge in [-0.05, 0) is 43.2 Å². The van der Waals surface area contributed by atoms with Crippen LogP contribution in [0.3, 0.4) is 0 Å². The van der Waals surface area contributed by atoms with Crippen LogP contribution in [0.25, 0.3) is 5.65 Å². The second-order valence-electron chi connectivity index (χ2n) is 5.38. The van der Waals surface area contributed by atoms with Crippen molar-refractivity contribution in [2.75, 3.05) is 5.32 Å². The number of benzene rings is 1. The number of fused-ring (bicyclic) bond motifs is 1. The highest BCUT2D eigenvalue weighted by atomic mass is 19.1. The molecule has 0 amide bonds. The third-order valence-electron chi connectivity index (χ3n) is 3.84. The molecule has 21 heavy (non-hydrogen) atoms. The number of aryl methyl sites for hydroxylation is 1. The van der Waals surface area contributed by atoms with Gasteiger partial charge in [0.05, 0.1) is 0 Å². The van der Waals surface area contributed by atoms with Crippen molar-refractivity contribution in [2.24, 2.45) is 0 Å². The molecule has 106 valence electrons. The van der Waals surface area contributed by atoms with Crippen molar-refractivity contribution in [3.8, 4) is 0 Å². The van der Waals surface area contributed by atoms with Crippen LogP contribution < -0.4 is 5.32 Å². The normalized spacial score (nSPS) is 20.7. The summed E-state index contributed by atoms with van der Waals surface area (Å²) in [6.45, 7) is 1.87. The van der Waals surface area contributed by atoms with Crippen molar-refractivity contribution >= 4 is 11.5 Å². The molecule has 1 N–H and O–H groups in total. The fourth-order valence-electron chi connectivity index (χ4n) is 2.60. The van der Waals surface area contributed by atoms with Crippen molar-refractivity contribution in [3.05, 3.63) is 53.6 Å². The predicted molar refractivity (Wildman–Crippen MR) is 76.7 cm³/mol. The summed E-state index contributed by atoms with van der Waals surface area (Å²) in [5, 5.41) is 15.9. The monoisotopic (exact) mass is 283 g/mol. The molecule has 4 rings (SSSR count). The van der Waals surface area contributed by atoms with Gasteiger partial charge in [-0.1, -0.05) is 12.1 Å².